The number of aromatic nitrogens is 1. The third kappa shape index (κ3) is 2.72. The van der Waals surface area contributed by atoms with Gasteiger partial charge >= 0.3 is 0 Å². The highest BCUT2D eigenvalue weighted by Crippen LogP contribution is 2.36. The average Bonchev–Trinajstić information content (AvgIpc) is 3.28. The number of rotatable bonds is 4. The first-order valence-electron chi connectivity index (χ1n) is 9.36. The number of imide groups is 1. The van der Waals surface area contributed by atoms with Crippen LogP contribution in [0.1, 0.15) is 44.8 Å². The van der Waals surface area contributed by atoms with E-state index in [0.29, 0.717) is 23.6 Å². The van der Waals surface area contributed by atoms with Crippen molar-refractivity contribution in [3.8, 4) is 0 Å². The van der Waals surface area contributed by atoms with Gasteiger partial charge in [-0.2, -0.15) is 0 Å². The van der Waals surface area contributed by atoms with E-state index in [9.17, 15) is 9.59 Å². The van der Waals surface area contributed by atoms with Crippen molar-refractivity contribution in [2.45, 2.75) is 25.7 Å². The Labute approximate surface area is 165 Å². The van der Waals surface area contributed by atoms with Crippen LogP contribution in [0.15, 0.2) is 46.9 Å². The average molecular weight is 423 g/mol. The summed E-state index contributed by atoms with van der Waals surface area (Å²) in [6, 6.07) is 13.5. The molecule has 5 rings (SSSR count). The number of carbonyl (C=O) groups excluding carboxylic acids is 2. The van der Waals surface area contributed by atoms with Crippen LogP contribution in [0.5, 0.6) is 0 Å². The molecule has 2 aromatic carbocycles. The van der Waals surface area contributed by atoms with E-state index in [0.717, 1.165) is 30.2 Å². The number of hydrogen-bond donors (Lipinski definition) is 1. The normalized spacial score (nSPS) is 18.4. The van der Waals surface area contributed by atoms with Gasteiger partial charge in [0, 0.05) is 27.6 Å². The molecule has 1 aromatic heterocycles. The molecule has 1 unspecified atom stereocenters. The largest absolute Gasteiger partial charge is 0.358 e. The van der Waals surface area contributed by atoms with Crippen LogP contribution in [-0.2, 0) is 12.8 Å². The lowest BCUT2D eigenvalue weighted by Gasteiger charge is -2.15. The van der Waals surface area contributed by atoms with Gasteiger partial charge in [-0.15, -0.1) is 0 Å². The summed E-state index contributed by atoms with van der Waals surface area (Å²) in [7, 11) is 0. The van der Waals surface area contributed by atoms with Crippen LogP contribution in [-0.4, -0.2) is 28.2 Å². The van der Waals surface area contributed by atoms with Crippen LogP contribution in [0.3, 0.4) is 0 Å². The van der Waals surface area contributed by atoms with Crippen LogP contribution in [0.4, 0.5) is 0 Å². The van der Waals surface area contributed by atoms with Crippen molar-refractivity contribution in [2.24, 2.45) is 5.92 Å². The maximum atomic E-state index is 12.4. The van der Waals surface area contributed by atoms with Gasteiger partial charge in [0.2, 0.25) is 0 Å². The minimum Gasteiger partial charge on any atom is -0.358 e. The molecule has 2 aliphatic rings. The summed E-state index contributed by atoms with van der Waals surface area (Å²) in [6.45, 7) is 0.503. The van der Waals surface area contributed by atoms with Gasteiger partial charge in [-0.25, -0.2) is 0 Å². The molecule has 1 N–H and O–H groups in total. The smallest absolute Gasteiger partial charge is 0.261 e. The minimum absolute atomic E-state index is 0.150. The molecule has 4 nitrogen and oxygen atoms in total. The maximum Gasteiger partial charge on any atom is 0.261 e. The van der Waals surface area contributed by atoms with E-state index in [1.807, 2.05) is 12.1 Å². The number of carbonyl (C=O) groups is 2. The van der Waals surface area contributed by atoms with Crippen LogP contribution < -0.4 is 0 Å². The van der Waals surface area contributed by atoms with Gasteiger partial charge in [0.15, 0.2) is 0 Å². The molecular weight excluding hydrogens is 404 g/mol. The molecular formula is C22H19BrN2O2. The predicted octanol–water partition coefficient (Wildman–Crippen LogP) is 4.72. The molecule has 0 bridgehead atoms. The molecule has 1 aliphatic carbocycles. The molecule has 3 aromatic rings. The highest BCUT2D eigenvalue weighted by atomic mass is 79.9. The van der Waals surface area contributed by atoms with Crippen molar-refractivity contribution in [3.05, 3.63) is 69.3 Å². The molecule has 136 valence electrons. The molecule has 0 fully saturated rings. The second-order valence-electron chi connectivity index (χ2n) is 7.50. The van der Waals surface area contributed by atoms with Gasteiger partial charge in [0.25, 0.3) is 11.8 Å². The zero-order valence-electron chi connectivity index (χ0n) is 14.8. The molecule has 1 aliphatic heterocycles. The topological polar surface area (TPSA) is 53.2 Å². The Hall–Kier alpha value is -2.40. The molecule has 1 atom stereocenters. The van der Waals surface area contributed by atoms with Crippen molar-refractivity contribution in [2.75, 3.05) is 6.54 Å². The molecule has 2 amide bonds. The molecule has 0 saturated heterocycles. The maximum absolute atomic E-state index is 12.4. The van der Waals surface area contributed by atoms with Gasteiger partial charge in [0.05, 0.1) is 11.1 Å². The van der Waals surface area contributed by atoms with Crippen molar-refractivity contribution in [1.29, 1.82) is 0 Å². The number of amides is 2. The molecule has 0 saturated carbocycles. The minimum atomic E-state index is -0.150. The fraction of sp³-hybridized carbons (Fsp3) is 0.273. The van der Waals surface area contributed by atoms with Crippen molar-refractivity contribution in [1.82, 2.24) is 9.88 Å². The summed E-state index contributed by atoms with van der Waals surface area (Å²) in [5.41, 5.74) is 5.05. The number of halogens is 1. The summed E-state index contributed by atoms with van der Waals surface area (Å²) in [4.78, 5) is 29.9. The molecule has 5 heteroatoms. The molecule has 0 spiro atoms. The standard InChI is InChI=1S/C22H19BrN2O2/c23-14-7-8-19-18(12-14)17-10-13(11-20(17)24-19)4-3-9-25-21(26)15-5-1-2-6-16(15)22(25)27/h1-2,5-8,12-13,24H,3-4,9-11H2. The third-order valence-electron chi connectivity index (χ3n) is 5.81. The van der Waals surface area contributed by atoms with E-state index in [1.165, 1.54) is 27.1 Å². The molecule has 0 radical (unpaired) electrons. The Kier molecular flexibility index (Phi) is 3.93. The zero-order valence-corrected chi connectivity index (χ0v) is 16.4. The first-order chi connectivity index (χ1) is 13.1. The Bertz CT molecular complexity index is 1050. The van der Waals surface area contributed by atoms with E-state index in [1.54, 1.807) is 12.1 Å². The third-order valence-corrected chi connectivity index (χ3v) is 6.31. The fourth-order valence-electron chi connectivity index (χ4n) is 4.52. The first kappa shape index (κ1) is 16.8. The number of aromatic amines is 1. The van der Waals surface area contributed by atoms with E-state index in [-0.39, 0.29) is 11.8 Å². The van der Waals surface area contributed by atoms with Crippen molar-refractivity contribution < 1.29 is 9.59 Å². The number of nitrogens with zero attached hydrogens (tertiary/aromatic N) is 1. The lowest BCUT2D eigenvalue weighted by molar-refractivity contribution is 0.0649. The Morgan fingerprint density at radius 3 is 2.52 bits per heavy atom. The van der Waals surface area contributed by atoms with Gasteiger partial charge in [0.1, 0.15) is 0 Å². The number of nitrogens with one attached hydrogen (secondary N) is 1. The highest BCUT2D eigenvalue weighted by molar-refractivity contribution is 9.10. The number of fused-ring (bicyclic) bond motifs is 4. The fourth-order valence-corrected chi connectivity index (χ4v) is 4.88. The molecule has 27 heavy (non-hydrogen) atoms. The first-order valence-corrected chi connectivity index (χ1v) is 10.2. The second kappa shape index (κ2) is 6.34. The summed E-state index contributed by atoms with van der Waals surface area (Å²) >= 11 is 3.56. The summed E-state index contributed by atoms with van der Waals surface area (Å²) in [6.07, 6.45) is 3.98. The lowest BCUT2D eigenvalue weighted by atomic mass is 9.99. The SMILES string of the molecule is O=C1c2ccccc2C(=O)N1CCCC1Cc2[nH]c3ccc(Br)cc3c2C1. The summed E-state index contributed by atoms with van der Waals surface area (Å²) in [5.74, 6) is 0.274. The molecule has 2 heterocycles. The zero-order chi connectivity index (χ0) is 18.5. The van der Waals surface area contributed by atoms with Gasteiger partial charge in [-0.05, 0) is 67.5 Å². The Morgan fingerprint density at radius 2 is 1.78 bits per heavy atom. The van der Waals surface area contributed by atoms with Crippen LogP contribution >= 0.6 is 15.9 Å². The second-order valence-corrected chi connectivity index (χ2v) is 8.41. The van der Waals surface area contributed by atoms with Gasteiger partial charge in [-0.3, -0.25) is 14.5 Å². The van der Waals surface area contributed by atoms with E-state index in [2.05, 4.69) is 39.1 Å². The van der Waals surface area contributed by atoms with Crippen molar-refractivity contribution >= 4 is 38.6 Å². The van der Waals surface area contributed by atoms with Crippen LogP contribution in [0, 0.1) is 5.92 Å². The highest BCUT2D eigenvalue weighted by Gasteiger charge is 2.35. The lowest BCUT2D eigenvalue weighted by Crippen LogP contribution is -2.31. The predicted molar refractivity (Wildman–Crippen MR) is 108 cm³/mol. The Morgan fingerprint density at radius 1 is 1.04 bits per heavy atom. The number of hydrogen-bond acceptors (Lipinski definition) is 2. The summed E-state index contributed by atoms with van der Waals surface area (Å²) < 4.78 is 1.10. The van der Waals surface area contributed by atoms with E-state index in [4.69, 9.17) is 0 Å². The van der Waals surface area contributed by atoms with Gasteiger partial charge in [-0.1, -0.05) is 28.1 Å². The van der Waals surface area contributed by atoms with E-state index < -0.39 is 0 Å². The van der Waals surface area contributed by atoms with Crippen LogP contribution in [0.25, 0.3) is 10.9 Å². The van der Waals surface area contributed by atoms with Crippen molar-refractivity contribution in [3.63, 3.8) is 0 Å². The Balaban J connectivity index is 1.23. The number of benzene rings is 2. The number of H-pyrrole nitrogens is 1. The monoisotopic (exact) mass is 422 g/mol. The van der Waals surface area contributed by atoms with Gasteiger partial charge < -0.3 is 4.98 Å². The van der Waals surface area contributed by atoms with E-state index >= 15 is 0 Å². The quantitative estimate of drug-likeness (QED) is 0.618. The summed E-state index contributed by atoms with van der Waals surface area (Å²) in [5, 5.41) is 1.31. The van der Waals surface area contributed by atoms with Crippen LogP contribution in [0.2, 0.25) is 0 Å².